The highest BCUT2D eigenvalue weighted by Gasteiger charge is 2.62. The van der Waals surface area contributed by atoms with Crippen molar-refractivity contribution in [1.29, 1.82) is 0 Å². The summed E-state index contributed by atoms with van der Waals surface area (Å²) in [6.07, 6.45) is 8.96. The molecule has 3 nitrogen and oxygen atoms in total. The fraction of sp³-hybridized carbons (Fsp3) is 0.882. The number of aromatic nitrogens is 2. The lowest BCUT2D eigenvalue weighted by Crippen LogP contribution is -2.57. The molecular formula is C17H25BrN2O. The highest BCUT2D eigenvalue weighted by Crippen LogP contribution is 2.69. The van der Waals surface area contributed by atoms with Gasteiger partial charge < -0.3 is 4.52 Å². The average Bonchev–Trinajstić information content (AvgIpc) is 2.83. The zero-order valence-electron chi connectivity index (χ0n) is 13.3. The summed E-state index contributed by atoms with van der Waals surface area (Å²) in [4.78, 5) is 5.00. The molecule has 3 unspecified atom stereocenters. The summed E-state index contributed by atoms with van der Waals surface area (Å²) >= 11 is 3.63. The van der Waals surface area contributed by atoms with Gasteiger partial charge in [0, 0.05) is 5.41 Å². The van der Waals surface area contributed by atoms with Crippen molar-refractivity contribution in [3.05, 3.63) is 11.7 Å². The molecule has 4 aliphatic carbocycles. The van der Waals surface area contributed by atoms with E-state index in [-0.39, 0.29) is 10.2 Å². The van der Waals surface area contributed by atoms with Crippen molar-refractivity contribution in [2.45, 2.75) is 76.0 Å². The lowest BCUT2D eigenvalue weighted by Gasteiger charge is -2.64. The predicted octanol–water partition coefficient (Wildman–Crippen LogP) is 5.16. The molecule has 0 spiro atoms. The van der Waals surface area contributed by atoms with Crippen LogP contribution in [-0.2, 0) is 5.41 Å². The molecule has 1 heterocycles. The van der Waals surface area contributed by atoms with Crippen molar-refractivity contribution in [2.24, 2.45) is 16.7 Å². The van der Waals surface area contributed by atoms with Crippen molar-refractivity contribution in [2.75, 3.05) is 0 Å². The number of halogens is 1. The van der Waals surface area contributed by atoms with Gasteiger partial charge in [0.2, 0.25) is 5.89 Å². The minimum atomic E-state index is 0.186. The summed E-state index contributed by atoms with van der Waals surface area (Å²) in [5.74, 6) is 2.62. The molecule has 5 rings (SSSR count). The van der Waals surface area contributed by atoms with E-state index >= 15 is 0 Å². The van der Waals surface area contributed by atoms with E-state index in [1.165, 1.54) is 38.5 Å². The Kier molecular flexibility index (Phi) is 2.94. The van der Waals surface area contributed by atoms with Crippen molar-refractivity contribution < 1.29 is 4.52 Å². The molecule has 0 amide bonds. The first-order valence-corrected chi connectivity index (χ1v) is 9.25. The summed E-state index contributed by atoms with van der Waals surface area (Å²) < 4.78 is 5.56. The van der Waals surface area contributed by atoms with Crippen LogP contribution < -0.4 is 0 Å². The Morgan fingerprint density at radius 2 is 1.86 bits per heavy atom. The van der Waals surface area contributed by atoms with E-state index in [4.69, 9.17) is 9.51 Å². The zero-order chi connectivity index (χ0) is 14.9. The van der Waals surface area contributed by atoms with Crippen LogP contribution in [0.5, 0.6) is 0 Å². The van der Waals surface area contributed by atoms with E-state index in [9.17, 15) is 0 Å². The average molecular weight is 353 g/mol. The monoisotopic (exact) mass is 352 g/mol. The predicted molar refractivity (Wildman–Crippen MR) is 85.3 cm³/mol. The van der Waals surface area contributed by atoms with Gasteiger partial charge in [-0.15, -0.1) is 0 Å². The number of rotatable bonds is 3. The molecule has 0 aromatic carbocycles. The summed E-state index contributed by atoms with van der Waals surface area (Å²) in [6, 6.07) is 0. The van der Waals surface area contributed by atoms with Gasteiger partial charge in [0.1, 0.15) is 0 Å². The summed E-state index contributed by atoms with van der Waals surface area (Å²) in [7, 11) is 0. The Labute approximate surface area is 135 Å². The molecule has 1 aromatic rings. The van der Waals surface area contributed by atoms with Gasteiger partial charge >= 0.3 is 0 Å². The minimum absolute atomic E-state index is 0.186. The second-order valence-corrected chi connectivity index (χ2v) is 9.85. The van der Waals surface area contributed by atoms with E-state index in [2.05, 4.69) is 41.9 Å². The third-order valence-electron chi connectivity index (χ3n) is 6.17. The van der Waals surface area contributed by atoms with Crippen molar-refractivity contribution in [3.8, 4) is 0 Å². The van der Waals surface area contributed by atoms with E-state index in [0.29, 0.717) is 10.8 Å². The van der Waals surface area contributed by atoms with Gasteiger partial charge in [-0.2, -0.15) is 4.98 Å². The molecular weight excluding hydrogens is 328 g/mol. The first-order valence-electron chi connectivity index (χ1n) is 8.34. The van der Waals surface area contributed by atoms with Gasteiger partial charge in [0.25, 0.3) is 0 Å². The lowest BCUT2D eigenvalue weighted by atomic mass is 9.40. The normalized spacial score (nSPS) is 46.0. The van der Waals surface area contributed by atoms with Gasteiger partial charge in [0.05, 0.1) is 4.83 Å². The minimum Gasteiger partial charge on any atom is -0.338 e. The highest BCUT2D eigenvalue weighted by atomic mass is 79.9. The highest BCUT2D eigenvalue weighted by molar-refractivity contribution is 9.09. The fourth-order valence-electron chi connectivity index (χ4n) is 6.45. The van der Waals surface area contributed by atoms with E-state index < -0.39 is 0 Å². The maximum Gasteiger partial charge on any atom is 0.240 e. The van der Waals surface area contributed by atoms with Crippen molar-refractivity contribution in [3.63, 3.8) is 0 Å². The summed E-state index contributed by atoms with van der Waals surface area (Å²) in [5, 5.41) is 4.42. The van der Waals surface area contributed by atoms with Crippen LogP contribution in [0.2, 0.25) is 0 Å². The number of nitrogens with zero attached hydrogens (tertiary/aromatic N) is 2. The first-order chi connectivity index (χ1) is 9.85. The van der Waals surface area contributed by atoms with Gasteiger partial charge in [-0.1, -0.05) is 41.9 Å². The molecule has 0 radical (unpaired) electrons. The van der Waals surface area contributed by atoms with Gasteiger partial charge in [-0.3, -0.25) is 0 Å². The molecule has 4 bridgehead atoms. The van der Waals surface area contributed by atoms with Crippen LogP contribution in [-0.4, -0.2) is 10.1 Å². The Balaban J connectivity index is 1.72. The zero-order valence-corrected chi connectivity index (χ0v) is 14.9. The molecule has 0 saturated heterocycles. The molecule has 4 heteroatoms. The van der Waals surface area contributed by atoms with Crippen molar-refractivity contribution >= 4 is 15.9 Å². The quantitative estimate of drug-likeness (QED) is 0.704. The molecule has 4 aliphatic rings. The fourth-order valence-corrected chi connectivity index (χ4v) is 6.64. The van der Waals surface area contributed by atoms with Crippen LogP contribution >= 0.6 is 15.9 Å². The van der Waals surface area contributed by atoms with Gasteiger partial charge in [-0.25, -0.2) is 0 Å². The van der Waals surface area contributed by atoms with E-state index in [1.54, 1.807) is 0 Å². The third-order valence-corrected chi connectivity index (χ3v) is 7.21. The number of hydrogen-bond donors (Lipinski definition) is 0. The van der Waals surface area contributed by atoms with Crippen LogP contribution in [0.1, 0.15) is 82.3 Å². The van der Waals surface area contributed by atoms with Crippen LogP contribution in [0.3, 0.4) is 0 Å². The van der Waals surface area contributed by atoms with E-state index in [0.717, 1.165) is 24.1 Å². The molecule has 1 aromatic heterocycles. The maximum absolute atomic E-state index is 5.56. The third kappa shape index (κ3) is 2.12. The first kappa shape index (κ1) is 14.2. The summed E-state index contributed by atoms with van der Waals surface area (Å²) in [6.45, 7) is 7.12. The molecule has 0 aliphatic heterocycles. The molecule has 4 fully saturated rings. The summed E-state index contributed by atoms with van der Waals surface area (Å²) in [5.41, 5.74) is 1.17. The SMILES string of the molecule is CCC(Br)c1nc(C23CC4CC(C)(CC(C)(C4)C2)C3)no1. The standard InChI is InChI=1S/C17H25BrN2O/c1-4-12(18)13-19-14(20-21-13)17-7-11-5-15(2,9-17)8-16(3,6-11)10-17/h11-12H,4-10H2,1-3H3. The molecule has 21 heavy (non-hydrogen) atoms. The maximum atomic E-state index is 5.56. The van der Waals surface area contributed by atoms with Crippen LogP contribution in [0.15, 0.2) is 4.52 Å². The molecule has 3 atom stereocenters. The lowest BCUT2D eigenvalue weighted by molar-refractivity contribution is -0.113. The Hall–Kier alpha value is -0.380. The van der Waals surface area contributed by atoms with Crippen LogP contribution in [0.25, 0.3) is 0 Å². The van der Waals surface area contributed by atoms with Gasteiger partial charge in [-0.05, 0) is 61.7 Å². The molecule has 116 valence electrons. The topological polar surface area (TPSA) is 38.9 Å². The van der Waals surface area contributed by atoms with Gasteiger partial charge in [0.15, 0.2) is 5.82 Å². The second-order valence-electron chi connectivity index (χ2n) is 8.74. The van der Waals surface area contributed by atoms with Crippen LogP contribution in [0, 0.1) is 16.7 Å². The largest absolute Gasteiger partial charge is 0.338 e. The number of alkyl halides is 1. The van der Waals surface area contributed by atoms with Crippen LogP contribution in [0.4, 0.5) is 0 Å². The number of hydrogen-bond acceptors (Lipinski definition) is 3. The van der Waals surface area contributed by atoms with E-state index in [1.807, 2.05) is 0 Å². The Bertz CT molecular complexity index is 551. The molecule has 4 saturated carbocycles. The van der Waals surface area contributed by atoms with Crippen molar-refractivity contribution in [1.82, 2.24) is 10.1 Å². The second kappa shape index (κ2) is 4.33. The molecule has 0 N–H and O–H groups in total. The Morgan fingerprint density at radius 3 is 2.43 bits per heavy atom. The Morgan fingerprint density at radius 1 is 1.19 bits per heavy atom. The smallest absolute Gasteiger partial charge is 0.240 e.